The molecule has 0 aliphatic carbocycles. The molecule has 1 saturated heterocycles. The van der Waals surface area contributed by atoms with Gasteiger partial charge in [0.1, 0.15) is 5.65 Å². The minimum absolute atomic E-state index is 0.249. The van der Waals surface area contributed by atoms with Crippen molar-refractivity contribution in [3.63, 3.8) is 0 Å². The first-order valence-corrected chi connectivity index (χ1v) is 9.78. The second-order valence-electron chi connectivity index (χ2n) is 7.11. The minimum Gasteiger partial charge on any atom is -0.449 e. The highest BCUT2D eigenvalue weighted by atomic mass is 16.6. The topological polar surface area (TPSA) is 88.5 Å². The van der Waals surface area contributed by atoms with Crippen LogP contribution in [-0.2, 0) is 16.5 Å². The Morgan fingerprint density at radius 3 is 2.79 bits per heavy atom. The number of hydrogen-bond donors (Lipinski definition) is 1. The number of hydrogen-bond acceptors (Lipinski definition) is 6. The normalized spacial score (nSPS) is 14.6. The molecular formula is C20H26N6O3. The molecule has 0 spiro atoms. The van der Waals surface area contributed by atoms with Gasteiger partial charge in [0.05, 0.1) is 18.5 Å². The lowest BCUT2D eigenvalue weighted by Gasteiger charge is -2.35. The number of H-pyrrole nitrogens is 1. The van der Waals surface area contributed by atoms with Crippen LogP contribution < -0.4 is 4.90 Å². The highest BCUT2D eigenvalue weighted by Crippen LogP contribution is 2.30. The van der Waals surface area contributed by atoms with Crippen LogP contribution in [0.4, 0.5) is 10.5 Å². The van der Waals surface area contributed by atoms with Crippen LogP contribution in [0.3, 0.4) is 0 Å². The first-order valence-electron chi connectivity index (χ1n) is 9.78. The van der Waals surface area contributed by atoms with Crippen molar-refractivity contribution in [3.8, 4) is 11.3 Å². The number of ether oxygens (including phenoxy) is 2. The Labute approximate surface area is 169 Å². The number of aromatic nitrogens is 4. The molecule has 4 heterocycles. The van der Waals surface area contributed by atoms with E-state index >= 15 is 0 Å². The molecule has 29 heavy (non-hydrogen) atoms. The van der Waals surface area contributed by atoms with Crippen LogP contribution >= 0.6 is 0 Å². The molecule has 0 bridgehead atoms. The summed E-state index contributed by atoms with van der Waals surface area (Å²) in [7, 11) is 3.54. The van der Waals surface area contributed by atoms with Crippen molar-refractivity contribution in [3.05, 3.63) is 30.7 Å². The van der Waals surface area contributed by atoms with Crippen LogP contribution in [0.15, 0.2) is 30.7 Å². The maximum Gasteiger partial charge on any atom is 0.409 e. The number of fused-ring (bicyclic) bond motifs is 1. The van der Waals surface area contributed by atoms with Crippen molar-refractivity contribution in [1.29, 1.82) is 0 Å². The number of anilines is 1. The van der Waals surface area contributed by atoms with Crippen LogP contribution in [0.5, 0.6) is 0 Å². The minimum atomic E-state index is -0.249. The summed E-state index contributed by atoms with van der Waals surface area (Å²) in [6.45, 7) is 3.74. The lowest BCUT2D eigenvalue weighted by molar-refractivity contribution is 0.0889. The fraction of sp³-hybridized carbons (Fsp3) is 0.450. The molecule has 1 amide bonds. The number of carbonyl (C=O) groups is 1. The third-order valence-electron chi connectivity index (χ3n) is 5.12. The number of aryl methyl sites for hydroxylation is 1. The number of rotatable bonds is 6. The van der Waals surface area contributed by atoms with E-state index in [2.05, 4.69) is 26.0 Å². The Morgan fingerprint density at radius 2 is 2.07 bits per heavy atom. The molecule has 1 fully saturated rings. The predicted molar refractivity (Wildman–Crippen MR) is 110 cm³/mol. The van der Waals surface area contributed by atoms with Crippen molar-refractivity contribution >= 4 is 22.8 Å². The molecule has 1 aliphatic heterocycles. The molecule has 4 rings (SSSR count). The molecule has 1 aliphatic rings. The maximum absolute atomic E-state index is 12.2. The average Bonchev–Trinajstić information content (AvgIpc) is 3.37. The van der Waals surface area contributed by atoms with Gasteiger partial charge in [-0.3, -0.25) is 4.68 Å². The zero-order valence-electron chi connectivity index (χ0n) is 16.8. The van der Waals surface area contributed by atoms with Gasteiger partial charge in [-0.15, -0.1) is 0 Å². The van der Waals surface area contributed by atoms with E-state index in [0.29, 0.717) is 32.7 Å². The summed E-state index contributed by atoms with van der Waals surface area (Å²) in [6, 6.07) is 4.15. The first kappa shape index (κ1) is 19.3. The standard InChI is InChI=1S/C20H26N6O3/c1-24-14-15(13-22-24)17-12-16-18(4-5-21-19(16)23-17)25-6-8-26(9-7-25)20(27)29-11-3-10-28-2/h4-5,12-14H,3,6-11H2,1-2H3,(H,21,23). The predicted octanol–water partition coefficient (Wildman–Crippen LogP) is 2.26. The fourth-order valence-electron chi connectivity index (χ4n) is 3.59. The largest absolute Gasteiger partial charge is 0.449 e. The monoisotopic (exact) mass is 398 g/mol. The van der Waals surface area contributed by atoms with Crippen LogP contribution in [0.1, 0.15) is 6.42 Å². The lowest BCUT2D eigenvalue weighted by Crippen LogP contribution is -2.49. The van der Waals surface area contributed by atoms with Crippen LogP contribution in [-0.4, -0.2) is 77.2 Å². The van der Waals surface area contributed by atoms with Crippen molar-refractivity contribution in [2.24, 2.45) is 7.05 Å². The van der Waals surface area contributed by atoms with Gasteiger partial charge in [0, 0.05) is 82.4 Å². The van der Waals surface area contributed by atoms with Crippen LogP contribution in [0, 0.1) is 0 Å². The van der Waals surface area contributed by atoms with E-state index in [1.807, 2.05) is 31.7 Å². The van der Waals surface area contributed by atoms with Gasteiger partial charge in [0.15, 0.2) is 0 Å². The van der Waals surface area contributed by atoms with E-state index in [9.17, 15) is 4.79 Å². The summed E-state index contributed by atoms with van der Waals surface area (Å²) in [5.74, 6) is 0. The Morgan fingerprint density at radius 1 is 1.24 bits per heavy atom. The fourth-order valence-corrected chi connectivity index (χ4v) is 3.59. The van der Waals surface area contributed by atoms with Crippen molar-refractivity contribution < 1.29 is 14.3 Å². The molecule has 0 saturated carbocycles. The molecular weight excluding hydrogens is 372 g/mol. The number of methoxy groups -OCH3 is 1. The summed E-state index contributed by atoms with van der Waals surface area (Å²) >= 11 is 0. The Balaban J connectivity index is 1.43. The number of pyridine rings is 1. The average molecular weight is 398 g/mol. The van der Waals surface area contributed by atoms with Gasteiger partial charge >= 0.3 is 6.09 Å². The van der Waals surface area contributed by atoms with Crippen LogP contribution in [0.25, 0.3) is 22.3 Å². The molecule has 3 aromatic rings. The molecule has 0 atom stereocenters. The summed E-state index contributed by atoms with van der Waals surface area (Å²) in [5, 5.41) is 5.31. The summed E-state index contributed by atoms with van der Waals surface area (Å²) < 4.78 is 12.1. The maximum atomic E-state index is 12.2. The number of piperazine rings is 1. The van der Waals surface area contributed by atoms with E-state index in [0.717, 1.165) is 41.1 Å². The zero-order chi connectivity index (χ0) is 20.2. The lowest BCUT2D eigenvalue weighted by atomic mass is 10.2. The van der Waals surface area contributed by atoms with Gasteiger partial charge in [-0.05, 0) is 12.1 Å². The van der Waals surface area contributed by atoms with E-state index < -0.39 is 0 Å². The number of aromatic amines is 1. The second kappa shape index (κ2) is 8.52. The molecule has 9 nitrogen and oxygen atoms in total. The van der Waals surface area contributed by atoms with Gasteiger partial charge in [-0.25, -0.2) is 9.78 Å². The highest BCUT2D eigenvalue weighted by molar-refractivity contribution is 5.93. The van der Waals surface area contributed by atoms with Crippen molar-refractivity contribution in [2.45, 2.75) is 6.42 Å². The molecule has 154 valence electrons. The summed E-state index contributed by atoms with van der Waals surface area (Å²) in [4.78, 5) is 24.1. The number of nitrogens with zero attached hydrogens (tertiary/aromatic N) is 5. The molecule has 0 unspecified atom stereocenters. The van der Waals surface area contributed by atoms with E-state index in [1.54, 1.807) is 16.7 Å². The number of amides is 1. The van der Waals surface area contributed by atoms with E-state index in [-0.39, 0.29) is 6.09 Å². The molecule has 0 aromatic carbocycles. The number of nitrogens with one attached hydrogen (secondary N) is 1. The van der Waals surface area contributed by atoms with Gasteiger partial charge in [-0.1, -0.05) is 0 Å². The SMILES string of the molecule is COCCCOC(=O)N1CCN(c2ccnc3[nH]c(-c4cnn(C)c4)cc23)CC1. The molecule has 0 radical (unpaired) electrons. The van der Waals surface area contributed by atoms with Gasteiger partial charge in [0.2, 0.25) is 0 Å². The second-order valence-corrected chi connectivity index (χ2v) is 7.11. The van der Waals surface area contributed by atoms with E-state index in [1.165, 1.54) is 0 Å². The molecule has 9 heteroatoms. The van der Waals surface area contributed by atoms with Crippen molar-refractivity contribution in [2.75, 3.05) is 51.4 Å². The zero-order valence-corrected chi connectivity index (χ0v) is 16.8. The van der Waals surface area contributed by atoms with Crippen LogP contribution in [0.2, 0.25) is 0 Å². The Bertz CT molecular complexity index is 974. The number of carbonyl (C=O) groups excluding carboxylic acids is 1. The Hall–Kier alpha value is -3.07. The third kappa shape index (κ3) is 4.19. The first-order chi connectivity index (χ1) is 14.2. The highest BCUT2D eigenvalue weighted by Gasteiger charge is 2.24. The summed E-state index contributed by atoms with van der Waals surface area (Å²) in [6.07, 6.45) is 6.09. The third-order valence-corrected chi connectivity index (χ3v) is 5.12. The van der Waals surface area contributed by atoms with Gasteiger partial charge in [-0.2, -0.15) is 5.10 Å². The van der Waals surface area contributed by atoms with E-state index in [4.69, 9.17) is 9.47 Å². The molecule has 3 aromatic heterocycles. The molecule has 1 N–H and O–H groups in total. The smallest absolute Gasteiger partial charge is 0.409 e. The van der Waals surface area contributed by atoms with Crippen molar-refractivity contribution in [1.82, 2.24) is 24.6 Å². The summed E-state index contributed by atoms with van der Waals surface area (Å²) in [5.41, 5.74) is 3.99. The van der Waals surface area contributed by atoms with Gasteiger partial charge < -0.3 is 24.3 Å². The van der Waals surface area contributed by atoms with Gasteiger partial charge in [0.25, 0.3) is 0 Å². The quantitative estimate of drug-likeness (QED) is 0.641. The Kier molecular flexibility index (Phi) is 5.66.